The molecule has 0 atom stereocenters. The highest BCUT2D eigenvalue weighted by Crippen LogP contribution is 2.35. The average molecular weight is 443 g/mol. The van der Waals surface area contributed by atoms with Crippen molar-refractivity contribution in [2.24, 2.45) is 0 Å². The lowest BCUT2D eigenvalue weighted by atomic mass is 10.0. The van der Waals surface area contributed by atoms with Gasteiger partial charge in [-0.15, -0.1) is 0 Å². The van der Waals surface area contributed by atoms with Gasteiger partial charge in [0.05, 0.1) is 17.1 Å². The minimum absolute atomic E-state index is 0.153. The minimum atomic E-state index is -0.955. The first-order valence-corrected chi connectivity index (χ1v) is 12.0. The molecule has 0 aliphatic carbocycles. The molecular weight excluding hydrogens is 410 g/mol. The van der Waals surface area contributed by atoms with Crippen LogP contribution in [0.25, 0.3) is 22.5 Å². The molecule has 5 heteroatoms. The van der Waals surface area contributed by atoms with Crippen molar-refractivity contribution in [3.05, 3.63) is 65.4 Å². The smallest absolute Gasteiger partial charge is 0.151 e. The van der Waals surface area contributed by atoms with Gasteiger partial charge in [0.25, 0.3) is 0 Å². The topological polar surface area (TPSA) is 69.2 Å². The van der Waals surface area contributed by atoms with Crippen LogP contribution in [-0.2, 0) is 11.2 Å². The molecule has 0 saturated carbocycles. The zero-order valence-electron chi connectivity index (χ0n) is 19.6. The standard InChI is InChI=1S/C28H33N3O2/c1-20-10-14-22(15-11-20)26-27(23-16-12-21(2)13-17-23)30-28-24(29-26)8-7-19-31(28)18-6-4-3-5-9-25(32)33/h10-17H,3-9,18-19H2,1-2H3,(H,32,33)/p-1. The number of hydrogen-bond donors (Lipinski definition) is 0. The number of rotatable bonds is 9. The number of benzene rings is 2. The fourth-order valence-corrected chi connectivity index (χ4v) is 4.39. The summed E-state index contributed by atoms with van der Waals surface area (Å²) in [5, 5.41) is 10.6. The Hall–Kier alpha value is -3.21. The molecule has 1 aliphatic rings. The molecule has 0 fully saturated rings. The van der Waals surface area contributed by atoms with Crippen LogP contribution < -0.4 is 10.0 Å². The summed E-state index contributed by atoms with van der Waals surface area (Å²) in [5.74, 6) is 0.0469. The largest absolute Gasteiger partial charge is 0.550 e. The van der Waals surface area contributed by atoms with Crippen LogP contribution >= 0.6 is 0 Å². The molecule has 0 saturated heterocycles. The summed E-state index contributed by atoms with van der Waals surface area (Å²) in [6.45, 7) is 6.10. The SMILES string of the molecule is Cc1ccc(-c2nc3c(nc2-c2ccc(C)cc2)N(CCCCCCC(=O)[O-])CCC3)cc1. The van der Waals surface area contributed by atoms with Crippen molar-refractivity contribution in [1.29, 1.82) is 0 Å². The maximum Gasteiger partial charge on any atom is 0.151 e. The minimum Gasteiger partial charge on any atom is -0.550 e. The summed E-state index contributed by atoms with van der Waals surface area (Å²) in [6.07, 6.45) is 5.81. The summed E-state index contributed by atoms with van der Waals surface area (Å²) in [4.78, 5) is 23.3. The van der Waals surface area contributed by atoms with Gasteiger partial charge in [0.15, 0.2) is 5.82 Å². The number of carboxylic acid groups (broad SMARTS) is 1. The van der Waals surface area contributed by atoms with Crippen molar-refractivity contribution in [2.45, 2.75) is 58.8 Å². The van der Waals surface area contributed by atoms with E-state index in [9.17, 15) is 9.90 Å². The second-order valence-electron chi connectivity index (χ2n) is 9.05. The molecule has 172 valence electrons. The van der Waals surface area contributed by atoms with E-state index >= 15 is 0 Å². The predicted octanol–water partition coefficient (Wildman–Crippen LogP) is 4.88. The van der Waals surface area contributed by atoms with Crippen LogP contribution in [0.5, 0.6) is 0 Å². The van der Waals surface area contributed by atoms with Gasteiger partial charge in [-0.1, -0.05) is 72.5 Å². The van der Waals surface area contributed by atoms with Crippen LogP contribution in [0, 0.1) is 13.8 Å². The molecule has 0 unspecified atom stereocenters. The Morgan fingerprint density at radius 1 is 0.848 bits per heavy atom. The van der Waals surface area contributed by atoms with E-state index in [0.717, 1.165) is 79.2 Å². The van der Waals surface area contributed by atoms with Crippen molar-refractivity contribution in [3.63, 3.8) is 0 Å². The zero-order valence-corrected chi connectivity index (χ0v) is 19.6. The molecule has 2 aromatic carbocycles. The van der Waals surface area contributed by atoms with Crippen molar-refractivity contribution in [3.8, 4) is 22.5 Å². The molecule has 1 aliphatic heterocycles. The second kappa shape index (κ2) is 10.6. The number of unbranched alkanes of at least 4 members (excludes halogenated alkanes) is 3. The van der Waals surface area contributed by atoms with Gasteiger partial charge in [-0.2, -0.15) is 0 Å². The van der Waals surface area contributed by atoms with E-state index < -0.39 is 5.97 Å². The molecule has 5 nitrogen and oxygen atoms in total. The first-order chi connectivity index (χ1) is 16.0. The van der Waals surface area contributed by atoms with Crippen LogP contribution in [0.3, 0.4) is 0 Å². The molecule has 3 aromatic rings. The summed E-state index contributed by atoms with van der Waals surface area (Å²) in [5.41, 5.74) is 7.58. The third-order valence-electron chi connectivity index (χ3n) is 6.30. The average Bonchev–Trinajstić information content (AvgIpc) is 2.81. The number of nitrogens with zero attached hydrogens (tertiary/aromatic N) is 3. The molecule has 1 aromatic heterocycles. The van der Waals surface area contributed by atoms with E-state index in [-0.39, 0.29) is 6.42 Å². The Bertz CT molecular complexity index is 1090. The monoisotopic (exact) mass is 442 g/mol. The molecule has 2 heterocycles. The Morgan fingerprint density at radius 2 is 1.42 bits per heavy atom. The van der Waals surface area contributed by atoms with Crippen LogP contribution in [0.4, 0.5) is 5.82 Å². The van der Waals surface area contributed by atoms with Gasteiger partial charge in [0.1, 0.15) is 0 Å². The summed E-state index contributed by atoms with van der Waals surface area (Å²) in [7, 11) is 0. The predicted molar refractivity (Wildman–Crippen MR) is 131 cm³/mol. The Balaban J connectivity index is 1.62. The van der Waals surface area contributed by atoms with Crippen LogP contribution in [0.1, 0.15) is 55.3 Å². The Morgan fingerprint density at radius 3 is 2.03 bits per heavy atom. The second-order valence-corrected chi connectivity index (χ2v) is 9.05. The first kappa shape index (κ1) is 23.0. The molecule has 0 N–H and O–H groups in total. The van der Waals surface area contributed by atoms with Crippen LogP contribution in [-0.4, -0.2) is 29.0 Å². The van der Waals surface area contributed by atoms with E-state index in [1.807, 2.05) is 0 Å². The number of aryl methyl sites for hydroxylation is 3. The molecule has 4 rings (SSSR count). The van der Waals surface area contributed by atoms with E-state index in [1.54, 1.807) is 0 Å². The van der Waals surface area contributed by atoms with E-state index in [2.05, 4.69) is 67.3 Å². The molecule has 0 spiro atoms. The molecule has 0 amide bonds. The van der Waals surface area contributed by atoms with Gasteiger partial charge in [-0.05, 0) is 46.0 Å². The zero-order chi connectivity index (χ0) is 23.2. The third-order valence-corrected chi connectivity index (χ3v) is 6.30. The van der Waals surface area contributed by atoms with Gasteiger partial charge in [0, 0.05) is 30.2 Å². The Labute approximate surface area is 196 Å². The quantitative estimate of drug-likeness (QED) is 0.442. The number of anilines is 1. The van der Waals surface area contributed by atoms with Gasteiger partial charge in [-0.3, -0.25) is 0 Å². The molecular formula is C28H32N3O2-. The Kier molecular flexibility index (Phi) is 7.38. The van der Waals surface area contributed by atoms with E-state index in [4.69, 9.17) is 9.97 Å². The van der Waals surface area contributed by atoms with Crippen molar-refractivity contribution < 1.29 is 9.90 Å². The maximum absolute atomic E-state index is 10.6. The van der Waals surface area contributed by atoms with Gasteiger partial charge < -0.3 is 14.8 Å². The number of aromatic nitrogens is 2. The lowest BCUT2D eigenvalue weighted by Crippen LogP contribution is -2.32. The fourth-order valence-electron chi connectivity index (χ4n) is 4.39. The maximum atomic E-state index is 10.6. The number of carbonyl (C=O) groups excluding carboxylic acids is 1. The summed E-state index contributed by atoms with van der Waals surface area (Å²) >= 11 is 0. The molecule has 0 radical (unpaired) electrons. The van der Waals surface area contributed by atoms with Crippen LogP contribution in [0.2, 0.25) is 0 Å². The van der Waals surface area contributed by atoms with Gasteiger partial charge >= 0.3 is 0 Å². The third kappa shape index (κ3) is 5.78. The highest BCUT2D eigenvalue weighted by molar-refractivity contribution is 5.79. The lowest BCUT2D eigenvalue weighted by molar-refractivity contribution is -0.305. The van der Waals surface area contributed by atoms with Crippen molar-refractivity contribution in [1.82, 2.24) is 9.97 Å². The normalized spacial score (nSPS) is 13.1. The number of aliphatic carboxylic acids is 1. The van der Waals surface area contributed by atoms with E-state index in [0.29, 0.717) is 6.42 Å². The summed E-state index contributed by atoms with van der Waals surface area (Å²) in [6, 6.07) is 17.0. The first-order valence-electron chi connectivity index (χ1n) is 12.0. The molecule has 33 heavy (non-hydrogen) atoms. The van der Waals surface area contributed by atoms with Crippen molar-refractivity contribution >= 4 is 11.8 Å². The highest BCUT2D eigenvalue weighted by atomic mass is 16.4. The van der Waals surface area contributed by atoms with Crippen molar-refractivity contribution in [2.75, 3.05) is 18.0 Å². The van der Waals surface area contributed by atoms with Gasteiger partial charge in [-0.25, -0.2) is 9.97 Å². The number of hydrogen-bond acceptors (Lipinski definition) is 5. The summed E-state index contributed by atoms with van der Waals surface area (Å²) < 4.78 is 0. The molecule has 0 bridgehead atoms. The number of carboxylic acids is 1. The van der Waals surface area contributed by atoms with Crippen LogP contribution in [0.15, 0.2) is 48.5 Å². The highest BCUT2D eigenvalue weighted by Gasteiger charge is 2.23. The van der Waals surface area contributed by atoms with E-state index in [1.165, 1.54) is 11.1 Å². The number of fused-ring (bicyclic) bond motifs is 1. The number of carbonyl (C=O) groups is 1. The lowest BCUT2D eigenvalue weighted by Gasteiger charge is -2.30. The fraction of sp³-hybridized carbons (Fsp3) is 0.393. The van der Waals surface area contributed by atoms with Gasteiger partial charge in [0.2, 0.25) is 0 Å².